The van der Waals surface area contributed by atoms with E-state index in [1.165, 1.54) is 0 Å². The third kappa shape index (κ3) is 5.85. The number of hydrogen-bond acceptors (Lipinski definition) is 4. The Hall–Kier alpha value is -3.26. The van der Waals surface area contributed by atoms with Crippen LogP contribution in [0, 0.1) is 12.3 Å². The van der Waals surface area contributed by atoms with E-state index in [1.54, 1.807) is 48.5 Å². The van der Waals surface area contributed by atoms with Crippen LogP contribution < -0.4 is 14.8 Å². The molecule has 0 unspecified atom stereocenters. The van der Waals surface area contributed by atoms with Crippen LogP contribution in [0.15, 0.2) is 54.6 Å². The van der Waals surface area contributed by atoms with Crippen molar-refractivity contribution in [3.63, 3.8) is 0 Å². The van der Waals surface area contributed by atoms with Crippen molar-refractivity contribution < 1.29 is 19.1 Å². The number of rotatable bonds is 6. The molecule has 2 aromatic carbocycles. The summed E-state index contributed by atoms with van der Waals surface area (Å²) in [7, 11) is 0. The normalized spacial score (nSPS) is 9.62. The fraction of sp³-hybridized carbons (Fsp3) is 0.158. The van der Waals surface area contributed by atoms with Crippen LogP contribution in [0.2, 0.25) is 0 Å². The maximum Gasteiger partial charge on any atom is 0.519 e. The molecule has 0 atom stereocenters. The second-order valence-corrected chi connectivity index (χ2v) is 4.89. The molecule has 0 fully saturated rings. The lowest BCUT2D eigenvalue weighted by Crippen LogP contribution is -2.22. The van der Waals surface area contributed by atoms with Crippen molar-refractivity contribution in [2.24, 2.45) is 0 Å². The average Bonchev–Trinajstić information content (AvgIpc) is 2.60. The van der Waals surface area contributed by atoms with Gasteiger partial charge in [0.15, 0.2) is 0 Å². The standard InChI is InChI=1S/C19H17NO4/c1-2-3-9-18(21)20-14-15-10-12-17(13-11-15)24-19(22)23-16-7-5-4-6-8-16/h1,4-8,10-13H,3,9,14H2,(H,20,21). The van der Waals surface area contributed by atoms with Crippen LogP contribution in [0.3, 0.4) is 0 Å². The van der Waals surface area contributed by atoms with E-state index < -0.39 is 6.16 Å². The van der Waals surface area contributed by atoms with E-state index in [9.17, 15) is 9.59 Å². The summed E-state index contributed by atoms with van der Waals surface area (Å²) in [5.41, 5.74) is 0.882. The Labute approximate surface area is 140 Å². The maximum atomic E-state index is 11.7. The molecule has 122 valence electrons. The second kappa shape index (κ2) is 9.01. The van der Waals surface area contributed by atoms with E-state index in [-0.39, 0.29) is 5.91 Å². The minimum Gasteiger partial charge on any atom is -0.395 e. The van der Waals surface area contributed by atoms with Gasteiger partial charge in [-0.05, 0) is 29.8 Å². The molecule has 1 amide bonds. The summed E-state index contributed by atoms with van der Waals surface area (Å²) in [4.78, 5) is 23.1. The Morgan fingerprint density at radius 2 is 1.58 bits per heavy atom. The van der Waals surface area contributed by atoms with Gasteiger partial charge in [-0.1, -0.05) is 30.3 Å². The van der Waals surface area contributed by atoms with E-state index in [4.69, 9.17) is 15.9 Å². The highest BCUT2D eigenvalue weighted by molar-refractivity contribution is 5.76. The number of amides is 1. The SMILES string of the molecule is C#CCCC(=O)NCc1ccc(OC(=O)Oc2ccccc2)cc1. The smallest absolute Gasteiger partial charge is 0.395 e. The zero-order chi connectivity index (χ0) is 17.2. The van der Waals surface area contributed by atoms with Gasteiger partial charge in [0, 0.05) is 19.4 Å². The highest BCUT2D eigenvalue weighted by Crippen LogP contribution is 2.15. The number of hydrogen-bond donors (Lipinski definition) is 1. The first kappa shape index (κ1) is 17.1. The minimum atomic E-state index is -0.809. The van der Waals surface area contributed by atoms with Crippen molar-refractivity contribution in [3.8, 4) is 23.8 Å². The van der Waals surface area contributed by atoms with Crippen molar-refractivity contribution in [1.29, 1.82) is 0 Å². The van der Waals surface area contributed by atoms with Crippen molar-refractivity contribution in [2.45, 2.75) is 19.4 Å². The molecule has 0 heterocycles. The number of benzene rings is 2. The molecule has 0 bridgehead atoms. The Kier molecular flexibility index (Phi) is 6.42. The first-order chi connectivity index (χ1) is 11.7. The topological polar surface area (TPSA) is 64.6 Å². The van der Waals surface area contributed by atoms with Gasteiger partial charge >= 0.3 is 6.16 Å². The third-order valence-corrected chi connectivity index (χ3v) is 3.06. The molecule has 2 rings (SSSR count). The molecular formula is C19H17NO4. The van der Waals surface area contributed by atoms with Gasteiger partial charge in [-0.15, -0.1) is 12.3 Å². The predicted molar refractivity (Wildman–Crippen MR) is 89.4 cm³/mol. The number of carbonyl (C=O) groups excluding carboxylic acids is 2. The third-order valence-electron chi connectivity index (χ3n) is 3.06. The maximum absolute atomic E-state index is 11.7. The van der Waals surface area contributed by atoms with E-state index in [1.807, 2.05) is 6.07 Å². The molecule has 24 heavy (non-hydrogen) atoms. The Balaban J connectivity index is 1.80. The van der Waals surface area contributed by atoms with Crippen LogP contribution in [0.4, 0.5) is 4.79 Å². The highest BCUT2D eigenvalue weighted by Gasteiger charge is 2.07. The Bertz CT molecular complexity index is 717. The summed E-state index contributed by atoms with van der Waals surface area (Å²) in [6.07, 6.45) is 5.03. The number of ether oxygens (including phenoxy) is 2. The molecule has 0 spiro atoms. The van der Waals surface area contributed by atoms with Gasteiger partial charge in [0.1, 0.15) is 11.5 Å². The van der Waals surface area contributed by atoms with Gasteiger partial charge in [-0.3, -0.25) is 4.79 Å². The fourth-order valence-electron chi connectivity index (χ4n) is 1.85. The van der Waals surface area contributed by atoms with Crippen molar-refractivity contribution in [3.05, 3.63) is 60.2 Å². The lowest BCUT2D eigenvalue weighted by molar-refractivity contribution is -0.121. The quantitative estimate of drug-likeness (QED) is 0.503. The summed E-state index contributed by atoms with van der Waals surface area (Å²) >= 11 is 0. The number of para-hydroxylation sites is 1. The lowest BCUT2D eigenvalue weighted by Gasteiger charge is -2.07. The average molecular weight is 323 g/mol. The van der Waals surface area contributed by atoms with Gasteiger partial charge in [0.2, 0.25) is 5.91 Å². The predicted octanol–water partition coefficient (Wildman–Crippen LogP) is 3.29. The van der Waals surface area contributed by atoms with Crippen molar-refractivity contribution in [2.75, 3.05) is 0 Å². The Morgan fingerprint density at radius 1 is 0.958 bits per heavy atom. The van der Waals surface area contributed by atoms with Crippen LogP contribution >= 0.6 is 0 Å². The molecule has 5 heteroatoms. The van der Waals surface area contributed by atoms with Gasteiger partial charge in [0.05, 0.1) is 0 Å². The molecule has 0 aliphatic rings. The summed E-state index contributed by atoms with van der Waals surface area (Å²) in [6.45, 7) is 0.387. The number of terminal acetylenes is 1. The van der Waals surface area contributed by atoms with E-state index in [0.717, 1.165) is 5.56 Å². The minimum absolute atomic E-state index is 0.0975. The molecule has 0 radical (unpaired) electrons. The molecule has 0 aromatic heterocycles. The monoisotopic (exact) mass is 323 g/mol. The molecule has 0 aliphatic carbocycles. The van der Waals surface area contributed by atoms with E-state index >= 15 is 0 Å². The summed E-state index contributed by atoms with van der Waals surface area (Å²) in [5, 5.41) is 2.76. The van der Waals surface area contributed by atoms with Gasteiger partial charge < -0.3 is 14.8 Å². The van der Waals surface area contributed by atoms with E-state index in [2.05, 4.69) is 11.2 Å². The second-order valence-electron chi connectivity index (χ2n) is 4.89. The van der Waals surface area contributed by atoms with Crippen LogP contribution in [0.1, 0.15) is 18.4 Å². The number of carbonyl (C=O) groups is 2. The van der Waals surface area contributed by atoms with Crippen molar-refractivity contribution >= 4 is 12.1 Å². The lowest BCUT2D eigenvalue weighted by atomic mass is 10.2. The molecule has 0 aliphatic heterocycles. The molecule has 2 aromatic rings. The molecule has 0 saturated carbocycles. The largest absolute Gasteiger partial charge is 0.519 e. The van der Waals surface area contributed by atoms with Gasteiger partial charge in [-0.2, -0.15) is 0 Å². The molecule has 0 saturated heterocycles. The van der Waals surface area contributed by atoms with Gasteiger partial charge in [0.25, 0.3) is 0 Å². The highest BCUT2D eigenvalue weighted by atomic mass is 16.7. The first-order valence-electron chi connectivity index (χ1n) is 7.41. The fourth-order valence-corrected chi connectivity index (χ4v) is 1.85. The van der Waals surface area contributed by atoms with Crippen LogP contribution in [-0.4, -0.2) is 12.1 Å². The van der Waals surface area contributed by atoms with Crippen LogP contribution in [-0.2, 0) is 11.3 Å². The summed E-state index contributed by atoms with van der Waals surface area (Å²) < 4.78 is 10.1. The van der Waals surface area contributed by atoms with E-state index in [0.29, 0.717) is 30.9 Å². The summed E-state index contributed by atoms with van der Waals surface area (Å²) in [6, 6.07) is 15.4. The van der Waals surface area contributed by atoms with Crippen molar-refractivity contribution in [1.82, 2.24) is 5.32 Å². The first-order valence-corrected chi connectivity index (χ1v) is 7.41. The Morgan fingerprint density at radius 3 is 2.21 bits per heavy atom. The molecular weight excluding hydrogens is 306 g/mol. The molecule has 1 N–H and O–H groups in total. The number of nitrogens with one attached hydrogen (secondary N) is 1. The zero-order valence-electron chi connectivity index (χ0n) is 13.0. The van der Waals surface area contributed by atoms with Gasteiger partial charge in [-0.25, -0.2) is 4.79 Å². The zero-order valence-corrected chi connectivity index (χ0v) is 13.0. The molecule has 5 nitrogen and oxygen atoms in total. The van der Waals surface area contributed by atoms with Crippen LogP contribution in [0.5, 0.6) is 11.5 Å². The summed E-state index contributed by atoms with van der Waals surface area (Å²) in [5.74, 6) is 3.09. The van der Waals surface area contributed by atoms with Crippen LogP contribution in [0.25, 0.3) is 0 Å².